The number of allylic oxidation sites excluding steroid dienone is 1. The Kier molecular flexibility index (Phi) is 6.94. The number of hydrogen-bond donors (Lipinski definition) is 0. The van der Waals surface area contributed by atoms with Crippen molar-refractivity contribution in [1.82, 2.24) is 9.80 Å². The van der Waals surface area contributed by atoms with Crippen LogP contribution in [0.1, 0.15) is 31.4 Å². The minimum atomic E-state index is -0.786. The van der Waals surface area contributed by atoms with E-state index in [-0.39, 0.29) is 12.0 Å². The molecule has 2 heterocycles. The van der Waals surface area contributed by atoms with Gasteiger partial charge in [-0.1, -0.05) is 60.7 Å². The Hall–Kier alpha value is -3.38. The maximum Gasteiger partial charge on any atom is 0.420 e. The van der Waals surface area contributed by atoms with E-state index in [1.807, 2.05) is 67.6 Å². The van der Waals surface area contributed by atoms with Gasteiger partial charge in [0, 0.05) is 6.20 Å². The number of carbonyl (C=O) groups is 2. The third-order valence-electron chi connectivity index (χ3n) is 6.40. The van der Waals surface area contributed by atoms with E-state index in [1.54, 1.807) is 23.2 Å². The highest BCUT2D eigenvalue weighted by Gasteiger charge is 2.46. The van der Waals surface area contributed by atoms with E-state index in [9.17, 15) is 9.59 Å². The smallest absolute Gasteiger partial charge is 0.420 e. The molecule has 6 heteroatoms. The molecule has 172 valence electrons. The van der Waals surface area contributed by atoms with Crippen molar-refractivity contribution >= 4 is 12.1 Å². The number of nitrogens with zero attached hydrogens (tertiary/aromatic N) is 2. The largest absolute Gasteiger partial charge is 0.465 e. The van der Waals surface area contributed by atoms with Crippen LogP contribution in [0, 0.1) is 5.41 Å². The number of carbonyl (C=O) groups excluding carboxylic acids is 2. The molecule has 0 radical (unpaired) electrons. The summed E-state index contributed by atoms with van der Waals surface area (Å²) in [6, 6.07) is 18.5. The van der Waals surface area contributed by atoms with Crippen LogP contribution < -0.4 is 4.74 Å². The van der Waals surface area contributed by atoms with Crippen LogP contribution in [0.4, 0.5) is 4.79 Å². The summed E-state index contributed by atoms with van der Waals surface area (Å²) < 4.78 is 11.2. The highest BCUT2D eigenvalue weighted by Crippen LogP contribution is 2.43. The van der Waals surface area contributed by atoms with Gasteiger partial charge in [-0.2, -0.15) is 0 Å². The van der Waals surface area contributed by atoms with Gasteiger partial charge in [0.1, 0.15) is 5.75 Å². The first-order valence-electron chi connectivity index (χ1n) is 11.4. The Labute approximate surface area is 195 Å². The Bertz CT molecular complexity index is 1020. The number of ether oxygens (including phenoxy) is 2. The zero-order valence-electron chi connectivity index (χ0n) is 19.1. The fraction of sp³-hybridized carbons (Fsp3) is 0.333. The Morgan fingerprint density at radius 1 is 1.00 bits per heavy atom. The van der Waals surface area contributed by atoms with Crippen molar-refractivity contribution in [3.8, 4) is 5.75 Å². The van der Waals surface area contributed by atoms with Crippen LogP contribution in [-0.4, -0.2) is 48.6 Å². The van der Waals surface area contributed by atoms with Gasteiger partial charge >= 0.3 is 12.1 Å². The van der Waals surface area contributed by atoms with Crippen molar-refractivity contribution in [2.24, 2.45) is 5.41 Å². The molecule has 0 aliphatic carbocycles. The van der Waals surface area contributed by atoms with E-state index in [0.717, 1.165) is 24.2 Å². The van der Waals surface area contributed by atoms with Gasteiger partial charge in [0.05, 0.1) is 18.1 Å². The van der Waals surface area contributed by atoms with Gasteiger partial charge < -0.3 is 14.4 Å². The van der Waals surface area contributed by atoms with Crippen molar-refractivity contribution in [2.75, 3.05) is 26.7 Å². The quantitative estimate of drug-likeness (QED) is 0.608. The second-order valence-corrected chi connectivity index (χ2v) is 8.49. The van der Waals surface area contributed by atoms with Gasteiger partial charge in [-0.15, -0.1) is 0 Å². The Morgan fingerprint density at radius 3 is 2.27 bits per heavy atom. The topological polar surface area (TPSA) is 59.1 Å². The lowest BCUT2D eigenvalue weighted by Gasteiger charge is -2.41. The molecule has 1 amide bonds. The first kappa shape index (κ1) is 22.8. The fourth-order valence-corrected chi connectivity index (χ4v) is 4.45. The van der Waals surface area contributed by atoms with Crippen LogP contribution >= 0.6 is 0 Å². The predicted octanol–water partition coefficient (Wildman–Crippen LogP) is 4.96. The number of hydrogen-bond acceptors (Lipinski definition) is 5. The summed E-state index contributed by atoms with van der Waals surface area (Å²) >= 11 is 0. The van der Waals surface area contributed by atoms with E-state index in [2.05, 4.69) is 11.9 Å². The van der Waals surface area contributed by atoms with Gasteiger partial charge in [-0.05, 0) is 63.2 Å². The molecule has 0 saturated carbocycles. The second-order valence-electron chi connectivity index (χ2n) is 8.49. The number of benzene rings is 2. The maximum absolute atomic E-state index is 13.3. The van der Waals surface area contributed by atoms with E-state index in [4.69, 9.17) is 9.47 Å². The minimum Gasteiger partial charge on any atom is -0.465 e. The molecule has 2 aliphatic heterocycles. The summed E-state index contributed by atoms with van der Waals surface area (Å²) in [6.07, 6.45) is 6.50. The molecular formula is C27H30N2O4. The lowest BCUT2D eigenvalue weighted by atomic mass is 9.71. The number of amides is 1. The molecule has 1 atom stereocenters. The molecule has 2 aromatic rings. The summed E-state index contributed by atoms with van der Waals surface area (Å²) in [6.45, 7) is 3.70. The molecule has 33 heavy (non-hydrogen) atoms. The Morgan fingerprint density at radius 2 is 1.64 bits per heavy atom. The Balaban J connectivity index is 1.71. The average Bonchev–Trinajstić information content (AvgIpc) is 2.85. The van der Waals surface area contributed by atoms with Gasteiger partial charge in [0.15, 0.2) is 0 Å². The highest BCUT2D eigenvalue weighted by molar-refractivity contribution is 5.83. The SMILES string of the molecule is CCOC(=O)C1(C2=CN(C(=O)Oc3ccccc3)C(c3ccccc3)C=C2)CCN(C)CC1. The summed E-state index contributed by atoms with van der Waals surface area (Å²) in [5.41, 5.74) is 0.959. The zero-order chi connectivity index (χ0) is 23.3. The molecule has 0 bridgehead atoms. The third kappa shape index (κ3) is 4.86. The molecule has 1 unspecified atom stereocenters. The molecule has 2 aliphatic rings. The monoisotopic (exact) mass is 446 g/mol. The first-order chi connectivity index (χ1) is 16.0. The van der Waals surface area contributed by atoms with Gasteiger partial charge in [-0.3, -0.25) is 9.69 Å². The maximum atomic E-state index is 13.3. The summed E-state index contributed by atoms with van der Waals surface area (Å²) in [5.74, 6) is 0.238. The lowest BCUT2D eigenvalue weighted by Crippen LogP contribution is -2.46. The number of likely N-dealkylation sites (tertiary alicyclic amines) is 1. The van der Waals surface area contributed by atoms with Crippen LogP contribution in [0.3, 0.4) is 0 Å². The van der Waals surface area contributed by atoms with E-state index in [1.165, 1.54) is 0 Å². The van der Waals surface area contributed by atoms with Crippen molar-refractivity contribution in [3.63, 3.8) is 0 Å². The van der Waals surface area contributed by atoms with Gasteiger partial charge in [0.2, 0.25) is 0 Å². The van der Waals surface area contributed by atoms with E-state index >= 15 is 0 Å². The first-order valence-corrected chi connectivity index (χ1v) is 11.4. The number of rotatable bonds is 5. The predicted molar refractivity (Wildman–Crippen MR) is 127 cm³/mol. The van der Waals surface area contributed by atoms with Crippen LogP contribution in [0.2, 0.25) is 0 Å². The van der Waals surface area contributed by atoms with Crippen molar-refractivity contribution in [1.29, 1.82) is 0 Å². The number of piperidine rings is 1. The standard InChI is InChI=1S/C27H30N2O4/c1-3-32-25(30)27(16-18-28(2)19-17-27)22-14-15-24(21-10-6-4-7-11-21)29(20-22)26(31)33-23-12-8-5-9-13-23/h4-15,20,24H,3,16-19H2,1-2H3. The summed E-state index contributed by atoms with van der Waals surface area (Å²) in [5, 5.41) is 0. The van der Waals surface area contributed by atoms with Crippen LogP contribution in [-0.2, 0) is 9.53 Å². The van der Waals surface area contributed by atoms with E-state index < -0.39 is 11.5 Å². The van der Waals surface area contributed by atoms with Crippen molar-refractivity contribution in [3.05, 3.63) is 90.2 Å². The molecule has 1 fully saturated rings. The number of esters is 1. The van der Waals surface area contributed by atoms with Crippen LogP contribution in [0.5, 0.6) is 5.75 Å². The molecule has 0 spiro atoms. The van der Waals surface area contributed by atoms with Crippen LogP contribution in [0.15, 0.2) is 84.6 Å². The van der Waals surface area contributed by atoms with Crippen molar-refractivity contribution in [2.45, 2.75) is 25.8 Å². The van der Waals surface area contributed by atoms with Gasteiger partial charge in [0.25, 0.3) is 0 Å². The molecule has 0 aromatic heterocycles. The lowest BCUT2D eigenvalue weighted by molar-refractivity contribution is -0.155. The summed E-state index contributed by atoms with van der Waals surface area (Å²) in [4.78, 5) is 30.3. The molecule has 4 rings (SSSR count). The molecule has 0 N–H and O–H groups in total. The molecule has 6 nitrogen and oxygen atoms in total. The summed E-state index contributed by atoms with van der Waals surface area (Å²) in [7, 11) is 2.05. The molecule has 2 aromatic carbocycles. The highest BCUT2D eigenvalue weighted by atomic mass is 16.6. The minimum absolute atomic E-state index is 0.233. The molecular weight excluding hydrogens is 416 g/mol. The van der Waals surface area contributed by atoms with Crippen molar-refractivity contribution < 1.29 is 19.1 Å². The van der Waals surface area contributed by atoms with Crippen LogP contribution in [0.25, 0.3) is 0 Å². The fourth-order valence-electron chi connectivity index (χ4n) is 4.45. The van der Waals surface area contributed by atoms with E-state index in [0.29, 0.717) is 25.2 Å². The normalized spacial score (nSPS) is 20.1. The second kappa shape index (κ2) is 10.0. The molecule has 1 saturated heterocycles. The average molecular weight is 447 g/mol. The third-order valence-corrected chi connectivity index (χ3v) is 6.40. The van der Waals surface area contributed by atoms with Gasteiger partial charge in [-0.25, -0.2) is 4.79 Å². The number of para-hydroxylation sites is 1. The zero-order valence-corrected chi connectivity index (χ0v) is 19.1.